The molecule has 2 saturated heterocycles. The molecule has 0 aliphatic carbocycles. The molecular formula is C23H26Cl2N4O3. The highest BCUT2D eigenvalue weighted by atomic mass is 35.5. The molecule has 7 nitrogen and oxygen atoms in total. The van der Waals surface area contributed by atoms with E-state index in [2.05, 4.69) is 20.9 Å². The Labute approximate surface area is 197 Å². The van der Waals surface area contributed by atoms with Crippen LogP contribution in [0.1, 0.15) is 36.0 Å². The molecule has 3 N–H and O–H groups in total. The molecule has 1 unspecified atom stereocenters. The van der Waals surface area contributed by atoms with Crippen molar-refractivity contribution in [1.29, 1.82) is 0 Å². The lowest BCUT2D eigenvalue weighted by Crippen LogP contribution is -2.33. The highest BCUT2D eigenvalue weighted by Crippen LogP contribution is 2.31. The van der Waals surface area contributed by atoms with E-state index in [0.717, 1.165) is 51.1 Å². The molecule has 3 amide bonds. The molecule has 2 aliphatic rings. The maximum atomic E-state index is 13.0. The first-order valence-electron chi connectivity index (χ1n) is 10.8. The summed E-state index contributed by atoms with van der Waals surface area (Å²) in [6.45, 7) is 3.03. The summed E-state index contributed by atoms with van der Waals surface area (Å²) in [5, 5.41) is 9.10. The minimum Gasteiger partial charge on any atom is -0.376 e. The van der Waals surface area contributed by atoms with Gasteiger partial charge in [0.2, 0.25) is 0 Å². The molecule has 0 bridgehead atoms. The summed E-state index contributed by atoms with van der Waals surface area (Å²) >= 11 is 12.3. The average Bonchev–Trinajstić information content (AvgIpc) is 3.49. The van der Waals surface area contributed by atoms with E-state index in [-0.39, 0.29) is 12.0 Å². The summed E-state index contributed by atoms with van der Waals surface area (Å²) < 4.78 is 5.61. The second kappa shape index (κ2) is 10.4. The van der Waals surface area contributed by atoms with Crippen LogP contribution < -0.4 is 20.9 Å². The van der Waals surface area contributed by atoms with Crippen molar-refractivity contribution < 1.29 is 14.3 Å². The number of amides is 3. The monoisotopic (exact) mass is 476 g/mol. The molecule has 2 aliphatic heterocycles. The summed E-state index contributed by atoms with van der Waals surface area (Å²) in [5.41, 5.74) is 2.22. The van der Waals surface area contributed by atoms with Gasteiger partial charge in [-0.2, -0.15) is 0 Å². The predicted molar refractivity (Wildman–Crippen MR) is 128 cm³/mol. The minimum absolute atomic E-state index is 0.0571. The number of ether oxygens (including phenoxy) is 1. The molecule has 2 aromatic rings. The fourth-order valence-electron chi connectivity index (χ4n) is 4.03. The first-order chi connectivity index (χ1) is 15.5. The van der Waals surface area contributed by atoms with Gasteiger partial charge in [-0.25, -0.2) is 4.79 Å². The minimum atomic E-state index is -0.500. The van der Waals surface area contributed by atoms with Crippen LogP contribution in [0, 0.1) is 0 Å². The Morgan fingerprint density at radius 2 is 1.78 bits per heavy atom. The van der Waals surface area contributed by atoms with Crippen LogP contribution in [0.4, 0.5) is 21.9 Å². The second-order valence-corrected chi connectivity index (χ2v) is 8.76. The van der Waals surface area contributed by atoms with Crippen molar-refractivity contribution in [3.05, 3.63) is 52.0 Å². The van der Waals surface area contributed by atoms with Gasteiger partial charge in [0.15, 0.2) is 0 Å². The van der Waals surface area contributed by atoms with Crippen LogP contribution in [0.2, 0.25) is 10.0 Å². The van der Waals surface area contributed by atoms with E-state index in [9.17, 15) is 9.59 Å². The number of halogens is 2. The van der Waals surface area contributed by atoms with E-state index in [4.69, 9.17) is 27.9 Å². The van der Waals surface area contributed by atoms with Crippen molar-refractivity contribution in [3.63, 3.8) is 0 Å². The molecule has 1 atom stereocenters. The SMILES string of the molecule is O=C(Nc1ccc(N2CCCC2)c(C(=O)NCC2CCCO2)c1)Nc1c(Cl)cccc1Cl. The number of nitrogens with one attached hydrogen (secondary N) is 3. The van der Waals surface area contributed by atoms with Gasteiger partial charge in [0.1, 0.15) is 0 Å². The second-order valence-electron chi connectivity index (χ2n) is 7.95. The van der Waals surface area contributed by atoms with Gasteiger partial charge in [0.05, 0.1) is 27.4 Å². The van der Waals surface area contributed by atoms with Crippen molar-refractivity contribution in [3.8, 4) is 0 Å². The first kappa shape index (κ1) is 22.7. The van der Waals surface area contributed by atoms with Crippen molar-refractivity contribution in [2.24, 2.45) is 0 Å². The molecule has 0 saturated carbocycles. The standard InChI is InChI=1S/C23H26Cl2N4O3/c24-18-6-3-7-19(25)21(18)28-23(31)27-15-8-9-20(29-10-1-2-11-29)17(13-15)22(30)26-14-16-5-4-12-32-16/h3,6-9,13,16H,1-2,4-5,10-12,14H2,(H,26,30)(H2,27,28,31). The number of anilines is 3. The van der Waals surface area contributed by atoms with Crippen LogP contribution in [0.15, 0.2) is 36.4 Å². The molecule has 170 valence electrons. The van der Waals surface area contributed by atoms with E-state index in [0.29, 0.717) is 33.5 Å². The zero-order chi connectivity index (χ0) is 22.5. The van der Waals surface area contributed by atoms with Crippen LogP contribution >= 0.6 is 23.2 Å². The molecule has 32 heavy (non-hydrogen) atoms. The topological polar surface area (TPSA) is 82.7 Å². The fraction of sp³-hybridized carbons (Fsp3) is 0.391. The number of rotatable bonds is 6. The first-order valence-corrected chi connectivity index (χ1v) is 11.6. The van der Waals surface area contributed by atoms with E-state index >= 15 is 0 Å². The number of carbonyl (C=O) groups is 2. The predicted octanol–water partition coefficient (Wildman–Crippen LogP) is 5.15. The summed E-state index contributed by atoms with van der Waals surface area (Å²) in [4.78, 5) is 27.8. The fourth-order valence-corrected chi connectivity index (χ4v) is 4.52. The number of benzene rings is 2. The van der Waals surface area contributed by atoms with Gasteiger partial charge in [-0.1, -0.05) is 29.3 Å². The summed E-state index contributed by atoms with van der Waals surface area (Å²) in [6.07, 6.45) is 4.21. The van der Waals surface area contributed by atoms with Gasteiger partial charge in [-0.15, -0.1) is 0 Å². The number of urea groups is 1. The molecule has 2 fully saturated rings. The lowest BCUT2D eigenvalue weighted by atomic mass is 10.1. The molecule has 2 heterocycles. The normalized spacial score (nSPS) is 17.9. The van der Waals surface area contributed by atoms with Crippen molar-refractivity contribution in [2.45, 2.75) is 31.8 Å². The van der Waals surface area contributed by atoms with E-state index < -0.39 is 6.03 Å². The summed E-state index contributed by atoms with van der Waals surface area (Å²) in [7, 11) is 0. The van der Waals surface area contributed by atoms with E-state index in [1.165, 1.54) is 0 Å². The Morgan fingerprint density at radius 3 is 2.47 bits per heavy atom. The van der Waals surface area contributed by atoms with E-state index in [1.54, 1.807) is 30.3 Å². The largest absolute Gasteiger partial charge is 0.376 e. The zero-order valence-corrected chi connectivity index (χ0v) is 19.1. The lowest BCUT2D eigenvalue weighted by Gasteiger charge is -2.22. The van der Waals surface area contributed by atoms with Crippen molar-refractivity contribution >= 4 is 52.2 Å². The number of carbonyl (C=O) groups excluding carboxylic acids is 2. The third-order valence-electron chi connectivity index (χ3n) is 5.66. The smallest absolute Gasteiger partial charge is 0.323 e. The third kappa shape index (κ3) is 5.46. The Hall–Kier alpha value is -2.48. The van der Waals surface area contributed by atoms with Crippen LogP contribution in [0.3, 0.4) is 0 Å². The van der Waals surface area contributed by atoms with Gasteiger partial charge in [-0.05, 0) is 56.0 Å². The zero-order valence-electron chi connectivity index (χ0n) is 17.6. The van der Waals surface area contributed by atoms with Gasteiger partial charge in [0, 0.05) is 37.6 Å². The Kier molecular flexibility index (Phi) is 7.40. The van der Waals surface area contributed by atoms with E-state index in [1.807, 2.05) is 6.07 Å². The Morgan fingerprint density at radius 1 is 1.03 bits per heavy atom. The quantitative estimate of drug-likeness (QED) is 0.538. The molecule has 4 rings (SSSR count). The molecule has 0 radical (unpaired) electrons. The molecular weight excluding hydrogens is 451 g/mol. The van der Waals surface area contributed by atoms with Crippen molar-refractivity contribution in [1.82, 2.24) is 5.32 Å². The Bertz CT molecular complexity index is 969. The molecule has 0 spiro atoms. The maximum absolute atomic E-state index is 13.0. The number of hydrogen-bond donors (Lipinski definition) is 3. The number of nitrogens with zero attached hydrogens (tertiary/aromatic N) is 1. The van der Waals surface area contributed by atoms with Crippen LogP contribution in [-0.2, 0) is 4.74 Å². The Balaban J connectivity index is 1.50. The average molecular weight is 477 g/mol. The number of hydrogen-bond acceptors (Lipinski definition) is 4. The third-order valence-corrected chi connectivity index (χ3v) is 6.29. The van der Waals surface area contributed by atoms with Gasteiger partial charge in [-0.3, -0.25) is 4.79 Å². The molecule has 9 heteroatoms. The number of para-hydroxylation sites is 1. The maximum Gasteiger partial charge on any atom is 0.323 e. The van der Waals surface area contributed by atoms with Crippen LogP contribution in [0.5, 0.6) is 0 Å². The highest BCUT2D eigenvalue weighted by molar-refractivity contribution is 6.39. The van der Waals surface area contributed by atoms with Gasteiger partial charge in [0.25, 0.3) is 5.91 Å². The summed E-state index contributed by atoms with van der Waals surface area (Å²) in [5.74, 6) is -0.180. The van der Waals surface area contributed by atoms with Crippen molar-refractivity contribution in [2.75, 3.05) is 41.8 Å². The van der Waals surface area contributed by atoms with Crippen LogP contribution in [-0.4, -0.2) is 44.3 Å². The summed E-state index contributed by atoms with van der Waals surface area (Å²) in [6, 6.07) is 9.86. The molecule has 0 aromatic heterocycles. The lowest BCUT2D eigenvalue weighted by molar-refractivity contribution is 0.0858. The van der Waals surface area contributed by atoms with Gasteiger partial charge >= 0.3 is 6.03 Å². The van der Waals surface area contributed by atoms with Gasteiger partial charge < -0.3 is 25.6 Å². The molecule has 2 aromatic carbocycles. The van der Waals surface area contributed by atoms with Crippen LogP contribution in [0.25, 0.3) is 0 Å². The highest BCUT2D eigenvalue weighted by Gasteiger charge is 2.22.